The fourth-order valence-electron chi connectivity index (χ4n) is 6.48. The molecule has 242 valence electrons. The first-order valence-corrected chi connectivity index (χ1v) is 15.9. The molecule has 0 unspecified atom stereocenters. The van der Waals surface area contributed by atoms with E-state index in [0.29, 0.717) is 11.4 Å². The van der Waals surface area contributed by atoms with E-state index in [0.717, 1.165) is 68.2 Å². The average Bonchev–Trinajstić information content (AvgIpc) is 3.18. The van der Waals surface area contributed by atoms with Crippen LogP contribution in [-0.2, 0) is 0 Å². The van der Waals surface area contributed by atoms with Gasteiger partial charge in [-0.3, -0.25) is 0 Å². The summed E-state index contributed by atoms with van der Waals surface area (Å²) in [5, 5.41) is 9.89. The van der Waals surface area contributed by atoms with Gasteiger partial charge in [0.1, 0.15) is 11.8 Å². The molecule has 3 heterocycles. The Morgan fingerprint density at radius 2 is 0.863 bits per heavy atom. The first kappa shape index (κ1) is 30.9. The van der Waals surface area contributed by atoms with Gasteiger partial charge in [0, 0.05) is 22.5 Å². The number of hydrogen-bond donors (Lipinski definition) is 0. The monoisotopic (exact) mass is 660 g/mol. The SMILES string of the molecule is C.[C-]#[N+]c1nc(-c2ccc(N3c4ccccc4Oc4ccccc43)cc2)c(-c2ccc(N3c4ccccc4Oc4ccccc43)cc2)nc1C#N. The van der Waals surface area contributed by atoms with Crippen LogP contribution in [0.3, 0.4) is 0 Å². The second-order valence-electron chi connectivity index (χ2n) is 11.7. The maximum absolute atomic E-state index is 9.89. The fourth-order valence-corrected chi connectivity index (χ4v) is 6.48. The van der Waals surface area contributed by atoms with Crippen LogP contribution >= 0.6 is 0 Å². The van der Waals surface area contributed by atoms with E-state index < -0.39 is 0 Å². The maximum atomic E-state index is 9.89. The van der Waals surface area contributed by atoms with Crippen molar-refractivity contribution in [3.05, 3.63) is 163 Å². The van der Waals surface area contributed by atoms with Crippen molar-refractivity contribution in [2.75, 3.05) is 9.80 Å². The van der Waals surface area contributed by atoms with Crippen LogP contribution in [0.15, 0.2) is 146 Å². The molecule has 2 aliphatic rings. The lowest BCUT2D eigenvalue weighted by Gasteiger charge is -2.32. The van der Waals surface area contributed by atoms with Crippen LogP contribution in [0.4, 0.5) is 39.9 Å². The van der Waals surface area contributed by atoms with Gasteiger partial charge in [0.25, 0.3) is 0 Å². The molecule has 9 rings (SSSR count). The first-order valence-electron chi connectivity index (χ1n) is 15.9. The minimum Gasteiger partial charge on any atom is -0.453 e. The summed E-state index contributed by atoms with van der Waals surface area (Å²) in [5.41, 5.74) is 8.11. The van der Waals surface area contributed by atoms with Crippen molar-refractivity contribution >= 4 is 39.9 Å². The van der Waals surface area contributed by atoms with Crippen LogP contribution in [0.25, 0.3) is 27.4 Å². The molecule has 51 heavy (non-hydrogen) atoms. The molecule has 6 aromatic carbocycles. The van der Waals surface area contributed by atoms with E-state index in [1.54, 1.807) is 0 Å². The molecule has 8 heteroatoms. The summed E-state index contributed by atoms with van der Waals surface area (Å²) in [6.07, 6.45) is 0. The van der Waals surface area contributed by atoms with Crippen molar-refractivity contribution in [1.82, 2.24) is 9.97 Å². The van der Waals surface area contributed by atoms with Crippen molar-refractivity contribution in [3.63, 3.8) is 0 Å². The summed E-state index contributed by atoms with van der Waals surface area (Å²) in [5.74, 6) is 3.03. The van der Waals surface area contributed by atoms with Crippen LogP contribution in [0.1, 0.15) is 13.1 Å². The van der Waals surface area contributed by atoms with Gasteiger partial charge >= 0.3 is 5.82 Å². The fraction of sp³-hybridized carbons (Fsp3) is 0.0233. The molecule has 0 saturated heterocycles. The Balaban J connectivity index is 0.00000374. The lowest BCUT2D eigenvalue weighted by atomic mass is 10.0. The summed E-state index contributed by atoms with van der Waals surface area (Å²) in [6, 6.07) is 49.8. The molecule has 7 aromatic rings. The van der Waals surface area contributed by atoms with E-state index in [2.05, 4.69) is 20.7 Å². The molecule has 0 amide bonds. The quantitative estimate of drug-likeness (QED) is 0.174. The van der Waals surface area contributed by atoms with Crippen LogP contribution in [0.5, 0.6) is 23.0 Å². The molecule has 1 aromatic heterocycles. The highest BCUT2D eigenvalue weighted by atomic mass is 16.5. The third-order valence-electron chi connectivity index (χ3n) is 8.75. The van der Waals surface area contributed by atoms with E-state index >= 15 is 0 Å². The smallest absolute Gasteiger partial charge is 0.307 e. The molecular weight excluding hydrogens is 633 g/mol. The molecular formula is C43H28N6O2. The van der Waals surface area contributed by atoms with Crippen molar-refractivity contribution < 1.29 is 9.47 Å². The summed E-state index contributed by atoms with van der Waals surface area (Å²) in [4.78, 5) is 17.2. The van der Waals surface area contributed by atoms with Gasteiger partial charge < -0.3 is 24.1 Å². The number of rotatable bonds is 4. The normalized spacial score (nSPS) is 12.0. The summed E-state index contributed by atoms with van der Waals surface area (Å²) in [6.45, 7) is 7.73. The lowest BCUT2D eigenvalue weighted by Crippen LogP contribution is -2.15. The Hall–Kier alpha value is -7.42. The van der Waals surface area contributed by atoms with Gasteiger partial charge in [0.05, 0.1) is 22.7 Å². The summed E-state index contributed by atoms with van der Waals surface area (Å²) in [7, 11) is 0. The predicted octanol–water partition coefficient (Wildman–Crippen LogP) is 12.0. The standard InChI is InChI=1S/C42H24N6O2.CH4/c1-44-42-31(26-43)45-40(27-18-22-29(23-19-27)47-32-10-2-6-14-36(32)49-37-15-7-3-11-33(37)47)41(46-42)28-20-24-30(25-21-28)48-34-12-4-8-16-38(34)50-39-17-9-5-13-35(39)48;/h2-25H;1H4. The Bertz CT molecular complexity index is 2270. The molecule has 0 saturated carbocycles. The van der Waals surface area contributed by atoms with Crippen LogP contribution < -0.4 is 19.3 Å². The van der Waals surface area contributed by atoms with E-state index in [9.17, 15) is 5.26 Å². The van der Waals surface area contributed by atoms with E-state index in [4.69, 9.17) is 26.0 Å². The second-order valence-corrected chi connectivity index (χ2v) is 11.7. The number of benzene rings is 6. The highest BCUT2D eigenvalue weighted by Crippen LogP contribution is 2.52. The Morgan fingerprint density at radius 3 is 1.22 bits per heavy atom. The topological polar surface area (TPSA) is 78.9 Å². The molecule has 0 bridgehead atoms. The molecule has 2 aliphatic heterocycles. The van der Waals surface area contributed by atoms with Crippen LogP contribution in [0.2, 0.25) is 0 Å². The molecule has 0 aliphatic carbocycles. The predicted molar refractivity (Wildman–Crippen MR) is 200 cm³/mol. The van der Waals surface area contributed by atoms with Gasteiger partial charge in [-0.2, -0.15) is 5.26 Å². The highest BCUT2D eigenvalue weighted by molar-refractivity contribution is 5.89. The van der Waals surface area contributed by atoms with E-state index in [1.165, 1.54) is 0 Å². The van der Waals surface area contributed by atoms with Gasteiger partial charge in [-0.25, -0.2) is 4.98 Å². The van der Waals surface area contributed by atoms with Crippen molar-refractivity contribution in [2.45, 2.75) is 7.43 Å². The van der Waals surface area contributed by atoms with E-state index in [1.807, 2.05) is 146 Å². The first-order chi connectivity index (χ1) is 24.7. The van der Waals surface area contributed by atoms with Gasteiger partial charge in [-0.1, -0.05) is 74.7 Å². The summed E-state index contributed by atoms with van der Waals surface area (Å²) >= 11 is 0. The summed E-state index contributed by atoms with van der Waals surface area (Å²) < 4.78 is 12.4. The Kier molecular flexibility index (Phi) is 7.60. The number of hydrogen-bond acceptors (Lipinski definition) is 7. The number of aromatic nitrogens is 2. The van der Waals surface area contributed by atoms with Crippen molar-refractivity contribution in [3.8, 4) is 51.6 Å². The van der Waals surface area contributed by atoms with E-state index in [-0.39, 0.29) is 18.9 Å². The zero-order valence-electron chi connectivity index (χ0n) is 26.4. The largest absolute Gasteiger partial charge is 0.453 e. The number of anilines is 6. The third-order valence-corrected chi connectivity index (χ3v) is 8.75. The minimum absolute atomic E-state index is 0. The highest BCUT2D eigenvalue weighted by Gasteiger charge is 2.28. The molecule has 0 radical (unpaired) electrons. The van der Waals surface area contributed by atoms with Crippen molar-refractivity contribution in [2.24, 2.45) is 0 Å². The maximum Gasteiger partial charge on any atom is 0.307 e. The average molecular weight is 661 g/mol. The lowest BCUT2D eigenvalue weighted by molar-refractivity contribution is 0.477. The number of nitriles is 1. The second kappa shape index (κ2) is 12.6. The Morgan fingerprint density at radius 1 is 0.510 bits per heavy atom. The molecule has 0 fully saturated rings. The number of nitrogens with zero attached hydrogens (tertiary/aromatic N) is 6. The minimum atomic E-state index is -0.0375. The van der Waals surface area contributed by atoms with Crippen LogP contribution in [-0.4, -0.2) is 9.97 Å². The van der Waals surface area contributed by atoms with Gasteiger partial charge in [0.2, 0.25) is 0 Å². The van der Waals surface area contributed by atoms with Gasteiger partial charge in [-0.05, 0) is 84.9 Å². The third kappa shape index (κ3) is 5.16. The van der Waals surface area contributed by atoms with Gasteiger partial charge in [-0.15, -0.1) is 4.98 Å². The zero-order valence-corrected chi connectivity index (χ0v) is 26.4. The number of fused-ring (bicyclic) bond motifs is 4. The van der Waals surface area contributed by atoms with Crippen molar-refractivity contribution in [1.29, 1.82) is 5.26 Å². The molecule has 0 spiro atoms. The van der Waals surface area contributed by atoms with Crippen LogP contribution in [0, 0.1) is 17.9 Å². The molecule has 0 atom stereocenters. The van der Waals surface area contributed by atoms with Gasteiger partial charge in [0.15, 0.2) is 34.4 Å². The number of ether oxygens (including phenoxy) is 2. The molecule has 0 N–H and O–H groups in total. The zero-order chi connectivity index (χ0) is 33.6. The molecule has 8 nitrogen and oxygen atoms in total. The number of para-hydroxylation sites is 8. The Labute approximate surface area is 295 Å².